The zero-order valence-corrected chi connectivity index (χ0v) is 15.3. The topological polar surface area (TPSA) is 85.1 Å². The van der Waals surface area contributed by atoms with E-state index in [4.69, 9.17) is 5.73 Å². The molecule has 3 N–H and O–H groups in total. The van der Waals surface area contributed by atoms with E-state index in [2.05, 4.69) is 30.5 Å². The summed E-state index contributed by atoms with van der Waals surface area (Å²) in [6, 6.07) is 4.99. The van der Waals surface area contributed by atoms with Crippen LogP contribution in [0.15, 0.2) is 23.1 Å². The van der Waals surface area contributed by atoms with Gasteiger partial charge < -0.3 is 5.73 Å². The van der Waals surface area contributed by atoms with Crippen molar-refractivity contribution in [2.45, 2.75) is 50.0 Å². The minimum atomic E-state index is -3.53. The number of aromatic nitrogens is 1. The molecule has 0 spiro atoms. The summed E-state index contributed by atoms with van der Waals surface area (Å²) >= 11 is 1.55. The van der Waals surface area contributed by atoms with Crippen LogP contribution in [0.2, 0.25) is 0 Å². The number of nitrogens with one attached hydrogen (secondary N) is 1. The van der Waals surface area contributed by atoms with Crippen LogP contribution in [0.4, 0.5) is 0 Å². The summed E-state index contributed by atoms with van der Waals surface area (Å²) in [5.41, 5.74) is 6.77. The lowest BCUT2D eigenvalue weighted by Crippen LogP contribution is -2.38. The largest absolute Gasteiger partial charge is 0.326 e. The van der Waals surface area contributed by atoms with Gasteiger partial charge in [-0.15, -0.1) is 11.3 Å². The summed E-state index contributed by atoms with van der Waals surface area (Å²) in [5.74, 6) is 0.469. The first-order chi connectivity index (χ1) is 10.7. The van der Waals surface area contributed by atoms with Gasteiger partial charge in [0.2, 0.25) is 10.0 Å². The third-order valence-corrected chi connectivity index (χ3v) is 6.91. The number of hydrogen-bond acceptors (Lipinski definition) is 5. The van der Waals surface area contributed by atoms with Gasteiger partial charge in [-0.25, -0.2) is 18.1 Å². The highest BCUT2D eigenvalue weighted by Gasteiger charge is 2.29. The second-order valence-electron chi connectivity index (χ2n) is 7.25. The lowest BCUT2D eigenvalue weighted by atomic mass is 9.98. The SMILES string of the molecule is CC(C)(C)c1nc2ccc(S(=O)(=O)NCC(N)C3CC3)cc2s1. The molecule has 0 saturated heterocycles. The Morgan fingerprint density at radius 1 is 1.39 bits per heavy atom. The fraction of sp³-hybridized carbons (Fsp3) is 0.562. The molecule has 5 nitrogen and oxygen atoms in total. The first kappa shape index (κ1) is 16.8. The second kappa shape index (κ2) is 5.81. The van der Waals surface area contributed by atoms with E-state index in [0.717, 1.165) is 28.1 Å². The maximum atomic E-state index is 12.4. The predicted molar refractivity (Wildman–Crippen MR) is 94.2 cm³/mol. The lowest BCUT2D eigenvalue weighted by Gasteiger charge is -2.13. The number of sulfonamides is 1. The van der Waals surface area contributed by atoms with Crippen LogP contribution in [0.3, 0.4) is 0 Å². The van der Waals surface area contributed by atoms with Crippen molar-refractivity contribution >= 4 is 31.6 Å². The number of benzene rings is 1. The van der Waals surface area contributed by atoms with Gasteiger partial charge in [-0.1, -0.05) is 20.8 Å². The maximum absolute atomic E-state index is 12.4. The Morgan fingerprint density at radius 2 is 2.09 bits per heavy atom. The van der Waals surface area contributed by atoms with Gasteiger partial charge >= 0.3 is 0 Å². The highest BCUT2D eigenvalue weighted by Crippen LogP contribution is 2.33. The average Bonchev–Trinajstić information content (AvgIpc) is 3.21. The number of thiazole rings is 1. The molecule has 1 fully saturated rings. The summed E-state index contributed by atoms with van der Waals surface area (Å²) in [4.78, 5) is 4.87. The Hall–Kier alpha value is -1.02. The standard InChI is InChI=1S/C16H23N3O2S2/c1-16(2,3)15-19-13-7-6-11(8-14(13)22-15)23(20,21)18-9-12(17)10-4-5-10/h6-8,10,12,18H,4-5,9,17H2,1-3H3. The van der Waals surface area contributed by atoms with Gasteiger partial charge in [0.05, 0.1) is 20.1 Å². The Morgan fingerprint density at radius 3 is 2.70 bits per heavy atom. The van der Waals surface area contributed by atoms with E-state index >= 15 is 0 Å². The molecule has 7 heteroatoms. The number of fused-ring (bicyclic) bond motifs is 1. The van der Waals surface area contributed by atoms with E-state index in [9.17, 15) is 8.42 Å². The molecule has 0 bridgehead atoms. The summed E-state index contributed by atoms with van der Waals surface area (Å²) in [7, 11) is -3.53. The predicted octanol–water partition coefficient (Wildman–Crippen LogP) is 2.61. The summed E-state index contributed by atoms with van der Waals surface area (Å²) in [5, 5.41) is 1.01. The van der Waals surface area contributed by atoms with Crippen molar-refractivity contribution in [1.82, 2.24) is 9.71 Å². The molecule has 23 heavy (non-hydrogen) atoms. The zero-order valence-electron chi connectivity index (χ0n) is 13.7. The Kier molecular flexibility index (Phi) is 4.25. The van der Waals surface area contributed by atoms with E-state index in [-0.39, 0.29) is 16.4 Å². The lowest BCUT2D eigenvalue weighted by molar-refractivity contribution is 0.548. The number of hydrogen-bond donors (Lipinski definition) is 2. The van der Waals surface area contributed by atoms with Crippen LogP contribution in [0.5, 0.6) is 0 Å². The molecule has 126 valence electrons. The second-order valence-corrected chi connectivity index (χ2v) is 10.0. The zero-order chi connectivity index (χ0) is 16.8. The van der Waals surface area contributed by atoms with Crippen molar-refractivity contribution < 1.29 is 8.42 Å². The van der Waals surface area contributed by atoms with E-state index in [1.54, 1.807) is 29.5 Å². The Labute approximate surface area is 141 Å². The van der Waals surface area contributed by atoms with Gasteiger partial charge in [-0.2, -0.15) is 0 Å². The first-order valence-corrected chi connectivity index (χ1v) is 10.1. The molecule has 1 aliphatic carbocycles. The van der Waals surface area contributed by atoms with E-state index in [1.165, 1.54) is 0 Å². The van der Waals surface area contributed by atoms with Crippen LogP contribution in [-0.4, -0.2) is 26.0 Å². The van der Waals surface area contributed by atoms with Gasteiger partial charge in [0.1, 0.15) is 0 Å². The average molecular weight is 354 g/mol. The third kappa shape index (κ3) is 3.74. The molecule has 1 saturated carbocycles. The van der Waals surface area contributed by atoms with Crippen molar-refractivity contribution in [2.75, 3.05) is 6.54 Å². The van der Waals surface area contributed by atoms with E-state index in [0.29, 0.717) is 12.5 Å². The molecule has 0 radical (unpaired) electrons. The monoisotopic (exact) mass is 353 g/mol. The Balaban J connectivity index is 1.83. The van der Waals surface area contributed by atoms with Gasteiger partial charge in [-0.3, -0.25) is 0 Å². The molecule has 1 unspecified atom stereocenters. The van der Waals surface area contributed by atoms with Crippen LogP contribution >= 0.6 is 11.3 Å². The maximum Gasteiger partial charge on any atom is 0.240 e. The van der Waals surface area contributed by atoms with E-state index in [1.807, 2.05) is 0 Å². The molecule has 1 aromatic carbocycles. The number of nitrogens with two attached hydrogens (primary N) is 1. The molecule has 2 aromatic rings. The van der Waals surface area contributed by atoms with Crippen LogP contribution in [-0.2, 0) is 15.4 Å². The Bertz CT molecular complexity index is 817. The van der Waals surface area contributed by atoms with Gasteiger partial charge in [0, 0.05) is 18.0 Å². The van der Waals surface area contributed by atoms with Gasteiger partial charge in [0.25, 0.3) is 0 Å². The first-order valence-electron chi connectivity index (χ1n) is 7.83. The molecule has 1 aromatic heterocycles. The van der Waals surface area contributed by atoms with Gasteiger partial charge in [0.15, 0.2) is 0 Å². The molecule has 0 amide bonds. The molecule has 1 heterocycles. The summed E-state index contributed by atoms with van der Waals surface area (Å²) in [6.07, 6.45) is 2.20. The van der Waals surface area contributed by atoms with Crippen LogP contribution < -0.4 is 10.5 Å². The minimum absolute atomic E-state index is 0.0436. The van der Waals surface area contributed by atoms with Crippen LogP contribution in [0, 0.1) is 5.92 Å². The smallest absolute Gasteiger partial charge is 0.240 e. The molecular formula is C16H23N3O2S2. The van der Waals surface area contributed by atoms with E-state index < -0.39 is 10.0 Å². The van der Waals surface area contributed by atoms with Crippen molar-refractivity contribution in [3.63, 3.8) is 0 Å². The molecule has 0 aliphatic heterocycles. The van der Waals surface area contributed by atoms with Crippen molar-refractivity contribution in [3.8, 4) is 0 Å². The fourth-order valence-electron chi connectivity index (χ4n) is 2.37. The van der Waals surface area contributed by atoms with Crippen molar-refractivity contribution in [3.05, 3.63) is 23.2 Å². The fourth-order valence-corrected chi connectivity index (χ4v) is 4.61. The quantitative estimate of drug-likeness (QED) is 0.865. The van der Waals surface area contributed by atoms with Crippen molar-refractivity contribution in [1.29, 1.82) is 0 Å². The summed E-state index contributed by atoms with van der Waals surface area (Å²) in [6.45, 7) is 6.59. The minimum Gasteiger partial charge on any atom is -0.326 e. The molecular weight excluding hydrogens is 330 g/mol. The number of nitrogens with zero attached hydrogens (tertiary/aromatic N) is 1. The van der Waals surface area contributed by atoms with Crippen LogP contribution in [0.1, 0.15) is 38.6 Å². The highest BCUT2D eigenvalue weighted by atomic mass is 32.2. The molecule has 1 atom stereocenters. The third-order valence-electron chi connectivity index (χ3n) is 4.05. The molecule has 3 rings (SSSR count). The molecule has 1 aliphatic rings. The number of rotatable bonds is 5. The van der Waals surface area contributed by atoms with Crippen molar-refractivity contribution in [2.24, 2.45) is 11.7 Å². The van der Waals surface area contributed by atoms with Crippen LogP contribution in [0.25, 0.3) is 10.2 Å². The highest BCUT2D eigenvalue weighted by molar-refractivity contribution is 7.89. The van der Waals surface area contributed by atoms with Gasteiger partial charge in [-0.05, 0) is 37.0 Å². The normalized spacial score (nSPS) is 17.6. The summed E-state index contributed by atoms with van der Waals surface area (Å²) < 4.78 is 28.4.